The average molecular weight is 342 g/mol. The van der Waals surface area contributed by atoms with E-state index in [0.717, 1.165) is 6.92 Å². The Bertz CT molecular complexity index is 598. The van der Waals surface area contributed by atoms with Crippen LogP contribution in [0.15, 0.2) is 24.3 Å². The van der Waals surface area contributed by atoms with Crippen LogP contribution in [0.1, 0.15) is 17.3 Å². The molecule has 1 aromatic carbocycles. The van der Waals surface area contributed by atoms with Crippen LogP contribution < -0.4 is 4.74 Å². The van der Waals surface area contributed by atoms with Crippen LogP contribution >= 0.6 is 0 Å². The molecule has 0 amide bonds. The summed E-state index contributed by atoms with van der Waals surface area (Å²) in [4.78, 5) is 34.5. The van der Waals surface area contributed by atoms with Crippen LogP contribution in [0.4, 0.5) is 0 Å². The molecule has 0 unspecified atom stereocenters. The highest BCUT2D eigenvalue weighted by Gasteiger charge is 2.30. The predicted molar refractivity (Wildman–Crippen MR) is 78.1 cm³/mol. The summed E-state index contributed by atoms with van der Waals surface area (Å²) in [5.74, 6) is -2.76. The molecular formula is C15H18O9. The number of benzene rings is 1. The van der Waals surface area contributed by atoms with E-state index in [1.54, 1.807) is 0 Å². The standard InChI is InChI=1S/C15H18O9/c1-8(17)24-12-5-3-2-4-9(12)15(22)23-7-11(19)14(21)13(20)10(18)6-16/h2-5,10,13-14,16,18,20-21H,6-7H2,1H3/t10-,13+,14-/m0/s1. The molecule has 132 valence electrons. The van der Waals surface area contributed by atoms with E-state index in [0.29, 0.717) is 0 Å². The summed E-state index contributed by atoms with van der Waals surface area (Å²) in [6.45, 7) is -0.597. The Morgan fingerprint density at radius 1 is 1.12 bits per heavy atom. The monoisotopic (exact) mass is 342 g/mol. The highest BCUT2D eigenvalue weighted by molar-refractivity contribution is 5.95. The van der Waals surface area contributed by atoms with E-state index in [-0.39, 0.29) is 11.3 Å². The van der Waals surface area contributed by atoms with E-state index in [4.69, 9.17) is 19.7 Å². The van der Waals surface area contributed by atoms with E-state index >= 15 is 0 Å². The second kappa shape index (κ2) is 9.08. The highest BCUT2D eigenvalue weighted by atomic mass is 16.6. The van der Waals surface area contributed by atoms with Gasteiger partial charge in [0, 0.05) is 6.92 Å². The molecule has 0 saturated heterocycles. The Hall–Kier alpha value is -2.33. The zero-order chi connectivity index (χ0) is 18.3. The number of carbonyl (C=O) groups excluding carboxylic acids is 3. The van der Waals surface area contributed by atoms with Crippen LogP contribution in [0, 0.1) is 0 Å². The molecular weight excluding hydrogens is 324 g/mol. The van der Waals surface area contributed by atoms with Gasteiger partial charge in [0.25, 0.3) is 0 Å². The van der Waals surface area contributed by atoms with Crippen molar-refractivity contribution in [3.8, 4) is 5.75 Å². The first-order valence-electron chi connectivity index (χ1n) is 6.90. The average Bonchev–Trinajstić information content (AvgIpc) is 2.57. The number of carbonyl (C=O) groups is 3. The lowest BCUT2D eigenvalue weighted by Gasteiger charge is -2.20. The van der Waals surface area contributed by atoms with E-state index < -0.39 is 49.2 Å². The molecule has 0 saturated carbocycles. The largest absolute Gasteiger partial charge is 0.454 e. The van der Waals surface area contributed by atoms with Gasteiger partial charge in [-0.2, -0.15) is 0 Å². The lowest BCUT2D eigenvalue weighted by atomic mass is 10.1. The Labute approximate surface area is 137 Å². The smallest absolute Gasteiger partial charge is 0.342 e. The minimum atomic E-state index is -2.04. The Morgan fingerprint density at radius 3 is 2.33 bits per heavy atom. The summed E-state index contributed by atoms with van der Waals surface area (Å²) < 4.78 is 9.53. The summed E-state index contributed by atoms with van der Waals surface area (Å²) in [6, 6.07) is 5.68. The van der Waals surface area contributed by atoms with E-state index in [9.17, 15) is 24.6 Å². The third-order valence-electron chi connectivity index (χ3n) is 2.94. The first-order chi connectivity index (χ1) is 11.3. The second-order valence-electron chi connectivity index (χ2n) is 4.82. The topological polar surface area (TPSA) is 151 Å². The number of para-hydroxylation sites is 1. The molecule has 0 aromatic heterocycles. The maximum atomic E-state index is 11.9. The summed E-state index contributed by atoms with van der Waals surface area (Å²) >= 11 is 0. The molecule has 3 atom stereocenters. The van der Waals surface area contributed by atoms with Gasteiger partial charge in [-0.15, -0.1) is 0 Å². The van der Waals surface area contributed by atoms with Crippen LogP contribution in [0.5, 0.6) is 5.75 Å². The van der Waals surface area contributed by atoms with Crippen molar-refractivity contribution in [1.29, 1.82) is 0 Å². The van der Waals surface area contributed by atoms with Gasteiger partial charge in [-0.1, -0.05) is 12.1 Å². The van der Waals surface area contributed by atoms with Gasteiger partial charge >= 0.3 is 11.9 Å². The summed E-state index contributed by atoms with van der Waals surface area (Å²) in [7, 11) is 0. The van der Waals surface area contributed by atoms with E-state index in [2.05, 4.69) is 0 Å². The third kappa shape index (κ3) is 5.39. The second-order valence-corrected chi connectivity index (χ2v) is 4.82. The highest BCUT2D eigenvalue weighted by Crippen LogP contribution is 2.19. The van der Waals surface area contributed by atoms with Gasteiger partial charge in [0.1, 0.15) is 29.6 Å². The van der Waals surface area contributed by atoms with Crippen molar-refractivity contribution in [1.82, 2.24) is 0 Å². The number of hydrogen-bond donors (Lipinski definition) is 4. The molecule has 0 aliphatic carbocycles. The van der Waals surface area contributed by atoms with Gasteiger partial charge in [0.2, 0.25) is 5.78 Å². The molecule has 0 spiro atoms. The zero-order valence-corrected chi connectivity index (χ0v) is 12.8. The van der Waals surface area contributed by atoms with Crippen molar-refractivity contribution in [3.63, 3.8) is 0 Å². The van der Waals surface area contributed by atoms with Gasteiger partial charge in [-0.05, 0) is 12.1 Å². The quantitative estimate of drug-likeness (QED) is 0.324. The van der Waals surface area contributed by atoms with Crippen molar-refractivity contribution >= 4 is 17.7 Å². The van der Waals surface area contributed by atoms with Crippen molar-refractivity contribution in [2.24, 2.45) is 0 Å². The number of hydrogen-bond acceptors (Lipinski definition) is 9. The molecule has 24 heavy (non-hydrogen) atoms. The SMILES string of the molecule is CC(=O)Oc1ccccc1C(=O)OCC(=O)[C@H](O)[C@H](O)[C@@H](O)CO. The third-order valence-corrected chi connectivity index (χ3v) is 2.94. The van der Waals surface area contributed by atoms with Crippen LogP contribution in [0.3, 0.4) is 0 Å². The molecule has 0 aliphatic heterocycles. The van der Waals surface area contributed by atoms with Crippen molar-refractivity contribution in [2.45, 2.75) is 25.2 Å². The van der Waals surface area contributed by atoms with E-state index in [1.165, 1.54) is 24.3 Å². The first-order valence-corrected chi connectivity index (χ1v) is 6.90. The number of esters is 2. The molecule has 9 nitrogen and oxygen atoms in total. The maximum Gasteiger partial charge on any atom is 0.342 e. The Balaban J connectivity index is 2.69. The van der Waals surface area contributed by atoms with Crippen LogP contribution in [0.25, 0.3) is 0 Å². The molecule has 0 aliphatic rings. The maximum absolute atomic E-state index is 11.9. The summed E-state index contributed by atoms with van der Waals surface area (Å²) in [6.07, 6.45) is -5.68. The minimum Gasteiger partial charge on any atom is -0.454 e. The van der Waals surface area contributed by atoms with Crippen LogP contribution in [0.2, 0.25) is 0 Å². The lowest BCUT2D eigenvalue weighted by molar-refractivity contribution is -0.143. The Kier molecular flexibility index (Phi) is 7.46. The van der Waals surface area contributed by atoms with Crippen molar-refractivity contribution < 1.29 is 44.3 Å². The van der Waals surface area contributed by atoms with Gasteiger partial charge < -0.3 is 29.9 Å². The molecule has 4 N–H and O–H groups in total. The van der Waals surface area contributed by atoms with Gasteiger partial charge in [-0.3, -0.25) is 9.59 Å². The van der Waals surface area contributed by atoms with Gasteiger partial charge in [-0.25, -0.2) is 4.79 Å². The number of ketones is 1. The normalized spacial score (nSPS) is 14.4. The minimum absolute atomic E-state index is 0.0567. The molecule has 1 rings (SSSR count). The van der Waals surface area contributed by atoms with Crippen LogP contribution in [-0.4, -0.2) is 69.7 Å². The molecule has 0 bridgehead atoms. The van der Waals surface area contributed by atoms with E-state index in [1.807, 2.05) is 0 Å². The van der Waals surface area contributed by atoms with Crippen LogP contribution in [-0.2, 0) is 14.3 Å². The number of rotatable bonds is 8. The number of aliphatic hydroxyl groups excluding tert-OH is 4. The zero-order valence-electron chi connectivity index (χ0n) is 12.8. The Morgan fingerprint density at radius 2 is 1.75 bits per heavy atom. The molecule has 9 heteroatoms. The fourth-order valence-corrected chi connectivity index (χ4v) is 1.69. The van der Waals surface area contributed by atoms with Crippen molar-refractivity contribution in [3.05, 3.63) is 29.8 Å². The predicted octanol–water partition coefficient (Wildman–Crippen LogP) is -1.59. The fourth-order valence-electron chi connectivity index (χ4n) is 1.69. The molecule has 0 fully saturated rings. The summed E-state index contributed by atoms with van der Waals surface area (Å²) in [5.41, 5.74) is -0.106. The number of ether oxygens (including phenoxy) is 2. The summed E-state index contributed by atoms with van der Waals surface area (Å²) in [5, 5.41) is 36.7. The lowest BCUT2D eigenvalue weighted by Crippen LogP contribution is -2.45. The fraction of sp³-hybridized carbons (Fsp3) is 0.400. The van der Waals surface area contributed by atoms with Gasteiger partial charge in [0.05, 0.1) is 6.61 Å². The first kappa shape index (κ1) is 19.7. The number of Topliss-reactive ketones (excluding diaryl/α,β-unsaturated/α-hetero) is 1. The molecule has 0 heterocycles. The van der Waals surface area contributed by atoms with Gasteiger partial charge in [0.15, 0.2) is 6.61 Å². The van der Waals surface area contributed by atoms with Crippen molar-refractivity contribution in [2.75, 3.05) is 13.2 Å². The molecule has 0 radical (unpaired) electrons. The molecule has 1 aromatic rings. The number of aliphatic hydroxyl groups is 4.